The number of hydrogen-bond donors (Lipinski definition) is 0. The summed E-state index contributed by atoms with van der Waals surface area (Å²) >= 11 is 0. The summed E-state index contributed by atoms with van der Waals surface area (Å²) in [5.41, 5.74) is 0. The van der Waals surface area contributed by atoms with Gasteiger partial charge in [-0.05, 0) is 51.4 Å². The van der Waals surface area contributed by atoms with Gasteiger partial charge in [0.05, 0.1) is 27.7 Å². The SMILES string of the molecule is CC/C=C\C/C=C\C/C=C\C/C=C\CCCCCCCCCCCCCCC(=O)OC(COC(=O)CCCCCCCCCCC)COP(=O)([O-])OCC[N+](C)(C)C. The Morgan fingerprint density at radius 2 is 0.983 bits per heavy atom. The first-order chi connectivity index (χ1) is 28.0. The van der Waals surface area contributed by atoms with Gasteiger partial charge in [0.1, 0.15) is 19.8 Å². The number of rotatable bonds is 42. The summed E-state index contributed by atoms with van der Waals surface area (Å²) in [5, 5.41) is 0. The maximum absolute atomic E-state index is 12.7. The van der Waals surface area contributed by atoms with Crippen molar-refractivity contribution in [3.05, 3.63) is 48.6 Å². The molecule has 0 fully saturated rings. The molecular weight excluding hydrogens is 750 g/mol. The van der Waals surface area contributed by atoms with Crippen LogP contribution >= 0.6 is 7.82 Å². The number of carbonyl (C=O) groups excluding carboxylic acids is 2. The number of quaternary nitrogens is 1. The minimum absolute atomic E-state index is 0.0311. The van der Waals surface area contributed by atoms with Crippen molar-refractivity contribution in [1.29, 1.82) is 0 Å². The van der Waals surface area contributed by atoms with Crippen LogP contribution in [-0.2, 0) is 32.7 Å². The highest BCUT2D eigenvalue weighted by Crippen LogP contribution is 2.38. The molecule has 0 rings (SSSR count). The Hall–Kier alpha value is -2.03. The third-order valence-corrected chi connectivity index (χ3v) is 10.8. The van der Waals surface area contributed by atoms with Crippen molar-refractivity contribution in [3.8, 4) is 0 Å². The lowest BCUT2D eigenvalue weighted by Crippen LogP contribution is -2.37. The molecule has 0 radical (unpaired) electrons. The Balaban J connectivity index is 4.17. The molecule has 0 aliphatic rings. The Morgan fingerprint density at radius 1 is 0.552 bits per heavy atom. The topological polar surface area (TPSA) is 111 Å². The van der Waals surface area contributed by atoms with Crippen LogP contribution in [0.3, 0.4) is 0 Å². The van der Waals surface area contributed by atoms with Gasteiger partial charge in [-0.3, -0.25) is 14.2 Å². The summed E-state index contributed by atoms with van der Waals surface area (Å²) in [7, 11) is 1.16. The Morgan fingerprint density at radius 3 is 1.47 bits per heavy atom. The molecule has 0 saturated carbocycles. The molecule has 0 aromatic carbocycles. The van der Waals surface area contributed by atoms with E-state index in [2.05, 4.69) is 62.5 Å². The van der Waals surface area contributed by atoms with Gasteiger partial charge in [0, 0.05) is 12.8 Å². The van der Waals surface area contributed by atoms with E-state index in [0.29, 0.717) is 17.4 Å². The summed E-state index contributed by atoms with van der Waals surface area (Å²) < 4.78 is 33.9. The van der Waals surface area contributed by atoms with Crippen LogP contribution in [0.4, 0.5) is 0 Å². The van der Waals surface area contributed by atoms with Gasteiger partial charge < -0.3 is 27.9 Å². The molecule has 2 atom stereocenters. The number of nitrogens with zero attached hydrogens (tertiary/aromatic N) is 1. The van der Waals surface area contributed by atoms with Crippen molar-refractivity contribution in [2.45, 2.75) is 200 Å². The minimum Gasteiger partial charge on any atom is -0.756 e. The molecule has 0 aliphatic heterocycles. The van der Waals surface area contributed by atoms with Crippen LogP contribution in [0.15, 0.2) is 48.6 Å². The fraction of sp³-hybridized carbons (Fsp3) is 0.792. The van der Waals surface area contributed by atoms with E-state index >= 15 is 0 Å². The number of likely N-dealkylation sites (N-methyl/N-ethyl adjacent to an activating group) is 1. The first-order valence-electron chi connectivity index (χ1n) is 23.3. The molecule has 0 spiro atoms. The average molecular weight is 838 g/mol. The molecule has 0 aromatic heterocycles. The number of ether oxygens (including phenoxy) is 2. The van der Waals surface area contributed by atoms with Gasteiger partial charge >= 0.3 is 11.9 Å². The molecule has 0 heterocycles. The molecule has 9 nitrogen and oxygen atoms in total. The molecule has 338 valence electrons. The molecule has 10 heteroatoms. The van der Waals surface area contributed by atoms with Crippen molar-refractivity contribution < 1.29 is 42.1 Å². The third-order valence-electron chi connectivity index (χ3n) is 9.86. The second-order valence-corrected chi connectivity index (χ2v) is 18.2. The number of carbonyl (C=O) groups is 2. The lowest BCUT2D eigenvalue weighted by Gasteiger charge is -2.28. The van der Waals surface area contributed by atoms with Crippen LogP contribution < -0.4 is 4.89 Å². The monoisotopic (exact) mass is 838 g/mol. The van der Waals surface area contributed by atoms with Crippen molar-refractivity contribution in [2.24, 2.45) is 0 Å². The predicted octanol–water partition coefficient (Wildman–Crippen LogP) is 12.8. The zero-order valence-corrected chi connectivity index (χ0v) is 38.9. The standard InChI is InChI=1S/C48H88NO8P/c1-6-8-10-12-14-16-17-18-19-20-21-22-23-24-25-26-27-28-29-30-31-33-35-37-39-41-48(51)57-46(45-56-58(52,53)55-43-42-49(3,4)5)44-54-47(50)40-38-36-34-32-15-13-11-9-7-2/h8,10,14,16,18-19,21-22,46H,6-7,9,11-13,15,17,20,23-45H2,1-5H3/b10-8-,16-14-,19-18-,22-21-. The van der Waals surface area contributed by atoms with Gasteiger partial charge in [-0.15, -0.1) is 0 Å². The van der Waals surface area contributed by atoms with E-state index < -0.39 is 26.5 Å². The fourth-order valence-electron chi connectivity index (χ4n) is 6.23. The second kappa shape index (κ2) is 40.4. The smallest absolute Gasteiger partial charge is 0.306 e. The molecule has 0 bridgehead atoms. The summed E-state index contributed by atoms with van der Waals surface area (Å²) in [6.07, 6.45) is 47.2. The van der Waals surface area contributed by atoms with Crippen LogP contribution in [0.25, 0.3) is 0 Å². The fourth-order valence-corrected chi connectivity index (χ4v) is 6.96. The van der Waals surface area contributed by atoms with Crippen LogP contribution in [0.1, 0.15) is 194 Å². The summed E-state index contributed by atoms with van der Waals surface area (Å²) in [6.45, 7) is 4.09. The maximum atomic E-state index is 12.7. The third kappa shape index (κ3) is 43.5. The predicted molar refractivity (Wildman–Crippen MR) is 240 cm³/mol. The lowest BCUT2D eigenvalue weighted by molar-refractivity contribution is -0.870. The minimum atomic E-state index is -4.62. The van der Waals surface area contributed by atoms with Crippen molar-refractivity contribution in [2.75, 3.05) is 47.5 Å². The van der Waals surface area contributed by atoms with E-state index in [9.17, 15) is 19.0 Å². The highest BCUT2D eigenvalue weighted by atomic mass is 31.2. The van der Waals surface area contributed by atoms with Crippen molar-refractivity contribution in [1.82, 2.24) is 0 Å². The lowest BCUT2D eigenvalue weighted by atomic mass is 10.0. The van der Waals surface area contributed by atoms with Crippen LogP contribution in [-0.4, -0.2) is 70.0 Å². The zero-order chi connectivity index (χ0) is 42.8. The van der Waals surface area contributed by atoms with Crippen molar-refractivity contribution in [3.63, 3.8) is 0 Å². The molecule has 0 aromatic rings. The van der Waals surface area contributed by atoms with Crippen LogP contribution in [0.2, 0.25) is 0 Å². The molecule has 2 unspecified atom stereocenters. The highest BCUT2D eigenvalue weighted by molar-refractivity contribution is 7.45. The van der Waals surface area contributed by atoms with Gasteiger partial charge in [-0.25, -0.2) is 0 Å². The number of phosphoric acid groups is 1. The summed E-state index contributed by atoms with van der Waals surface area (Å²) in [4.78, 5) is 37.5. The number of unbranched alkanes of at least 4 members (excludes halogenated alkanes) is 20. The molecule has 58 heavy (non-hydrogen) atoms. The van der Waals surface area contributed by atoms with E-state index in [1.807, 2.05) is 21.1 Å². The number of hydrogen-bond acceptors (Lipinski definition) is 8. The van der Waals surface area contributed by atoms with Gasteiger partial charge in [0.25, 0.3) is 7.82 Å². The van der Waals surface area contributed by atoms with E-state index in [-0.39, 0.29) is 32.0 Å². The molecule has 0 aliphatic carbocycles. The van der Waals surface area contributed by atoms with E-state index in [0.717, 1.165) is 64.2 Å². The van der Waals surface area contributed by atoms with Gasteiger partial charge in [-0.1, -0.05) is 178 Å². The molecular formula is C48H88NO8P. The van der Waals surface area contributed by atoms with E-state index in [1.54, 1.807) is 0 Å². The Labute approximate surface area is 356 Å². The van der Waals surface area contributed by atoms with Gasteiger partial charge in [-0.2, -0.15) is 0 Å². The Bertz CT molecular complexity index is 1130. The normalized spacial score (nSPS) is 14.0. The summed E-state index contributed by atoms with van der Waals surface area (Å²) in [6, 6.07) is 0. The van der Waals surface area contributed by atoms with Crippen molar-refractivity contribution >= 4 is 19.8 Å². The number of phosphoric ester groups is 1. The quantitative estimate of drug-likeness (QED) is 0.0196. The van der Waals surface area contributed by atoms with E-state index in [1.165, 1.54) is 96.3 Å². The molecule has 0 saturated heterocycles. The largest absolute Gasteiger partial charge is 0.756 e. The number of esters is 2. The van der Waals surface area contributed by atoms with E-state index in [4.69, 9.17) is 18.5 Å². The second-order valence-electron chi connectivity index (χ2n) is 16.7. The van der Waals surface area contributed by atoms with Gasteiger partial charge in [0.2, 0.25) is 0 Å². The average Bonchev–Trinajstić information content (AvgIpc) is 3.17. The highest BCUT2D eigenvalue weighted by Gasteiger charge is 2.21. The van der Waals surface area contributed by atoms with Crippen LogP contribution in [0.5, 0.6) is 0 Å². The first-order valence-corrected chi connectivity index (χ1v) is 24.8. The molecule has 0 amide bonds. The molecule has 0 N–H and O–H groups in total. The number of allylic oxidation sites excluding steroid dienone is 8. The van der Waals surface area contributed by atoms with Crippen LogP contribution in [0, 0.1) is 0 Å². The van der Waals surface area contributed by atoms with Gasteiger partial charge in [0.15, 0.2) is 6.10 Å². The first kappa shape index (κ1) is 56.0. The maximum Gasteiger partial charge on any atom is 0.306 e. The zero-order valence-electron chi connectivity index (χ0n) is 38.0. The summed E-state index contributed by atoms with van der Waals surface area (Å²) in [5.74, 6) is -0.837. The Kier molecular flexibility index (Phi) is 39.0.